The molecule has 0 heterocycles. The summed E-state index contributed by atoms with van der Waals surface area (Å²) >= 11 is 0. The van der Waals surface area contributed by atoms with Crippen LogP contribution in [-0.2, 0) is 9.59 Å². The monoisotopic (exact) mass is 504 g/mol. The maximum absolute atomic E-state index is 13.7. The van der Waals surface area contributed by atoms with E-state index in [0.717, 1.165) is 13.8 Å². The highest BCUT2D eigenvalue weighted by molar-refractivity contribution is 5.99. The van der Waals surface area contributed by atoms with Crippen LogP contribution in [0.25, 0.3) is 0 Å². The van der Waals surface area contributed by atoms with Crippen LogP contribution >= 0.6 is 0 Å². The van der Waals surface area contributed by atoms with Gasteiger partial charge in [0.2, 0.25) is 0 Å². The van der Waals surface area contributed by atoms with Gasteiger partial charge in [-0.15, -0.1) is 0 Å². The molecule has 0 saturated heterocycles. The molecule has 0 aliphatic carbocycles. The van der Waals surface area contributed by atoms with E-state index < -0.39 is 77.6 Å². The fraction of sp³-hybridized carbons (Fsp3) is 0.733. The van der Waals surface area contributed by atoms with Crippen LogP contribution in [0.5, 0.6) is 0 Å². The van der Waals surface area contributed by atoms with Gasteiger partial charge in [0.05, 0.1) is 0 Å². The molecule has 0 aromatic rings. The molecule has 4 nitrogen and oxygen atoms in total. The zero-order valence-electron chi connectivity index (χ0n) is 15.6. The molecule has 0 aromatic carbocycles. The zero-order valence-corrected chi connectivity index (χ0v) is 15.6. The minimum atomic E-state index is -8.07. The molecule has 0 radical (unpaired) electrons. The number of carboxylic acid groups (broad SMARTS) is 2. The summed E-state index contributed by atoms with van der Waals surface area (Å²) in [5.41, 5.74) is -2.71. The van der Waals surface area contributed by atoms with E-state index in [4.69, 9.17) is 10.2 Å². The Labute approximate surface area is 169 Å². The van der Waals surface area contributed by atoms with Crippen LogP contribution in [-0.4, -0.2) is 57.9 Å². The van der Waals surface area contributed by atoms with E-state index in [2.05, 4.69) is 0 Å². The average Bonchev–Trinajstić information content (AvgIpc) is 2.55. The second-order valence-corrected chi connectivity index (χ2v) is 6.66. The lowest BCUT2D eigenvalue weighted by Crippen LogP contribution is -2.70. The van der Waals surface area contributed by atoms with Crippen molar-refractivity contribution in [3.8, 4) is 0 Å². The van der Waals surface area contributed by atoms with Crippen LogP contribution in [0.4, 0.5) is 57.1 Å². The number of hydrogen-bond donors (Lipinski definition) is 2. The Kier molecular flexibility index (Phi) is 8.01. The van der Waals surface area contributed by atoms with Crippen molar-refractivity contribution in [3.63, 3.8) is 0 Å². The number of carbonyl (C=O) groups is 2. The summed E-state index contributed by atoms with van der Waals surface area (Å²) in [5, 5.41) is 17.8. The SMILES string of the molecule is CC(C)/C(C(=O)O)=C(/CCC(F)(F)C(F)(F)C(F)(F)C(F)(F)C(F)(F)C(F)(F)F)C(=O)O. The van der Waals surface area contributed by atoms with Crippen LogP contribution in [0.3, 0.4) is 0 Å². The number of alkyl halides is 13. The summed E-state index contributed by atoms with van der Waals surface area (Å²) < 4.78 is 169. The molecule has 17 heteroatoms. The van der Waals surface area contributed by atoms with Gasteiger partial charge in [0.1, 0.15) is 0 Å². The first kappa shape index (κ1) is 29.8. The molecule has 0 saturated carbocycles. The van der Waals surface area contributed by atoms with E-state index in [1.807, 2.05) is 0 Å². The minimum absolute atomic E-state index is 0.993. The predicted molar refractivity (Wildman–Crippen MR) is 77.2 cm³/mol. The summed E-state index contributed by atoms with van der Waals surface area (Å²) in [6.45, 7) is 1.99. The number of carboxylic acids is 2. The first-order valence-electron chi connectivity index (χ1n) is 7.96. The summed E-state index contributed by atoms with van der Waals surface area (Å²) in [5.74, 6) is -43.6. The van der Waals surface area contributed by atoms with Gasteiger partial charge in [-0.25, -0.2) is 9.59 Å². The van der Waals surface area contributed by atoms with Crippen LogP contribution in [0.15, 0.2) is 11.1 Å². The highest BCUT2D eigenvalue weighted by atomic mass is 19.4. The predicted octanol–water partition coefficient (Wildman–Crippen LogP) is 5.63. The van der Waals surface area contributed by atoms with Gasteiger partial charge < -0.3 is 10.2 Å². The first-order chi connectivity index (χ1) is 13.8. The van der Waals surface area contributed by atoms with Gasteiger partial charge in [-0.2, -0.15) is 57.1 Å². The third kappa shape index (κ3) is 4.74. The molecule has 0 spiro atoms. The lowest BCUT2D eigenvalue weighted by atomic mass is 9.89. The van der Waals surface area contributed by atoms with Gasteiger partial charge >= 0.3 is 47.7 Å². The van der Waals surface area contributed by atoms with Gasteiger partial charge in [-0.3, -0.25) is 0 Å². The molecular formula is C15H13F13O4. The molecule has 0 unspecified atom stereocenters. The fourth-order valence-corrected chi connectivity index (χ4v) is 2.32. The molecule has 0 rings (SSSR count). The van der Waals surface area contributed by atoms with Crippen molar-refractivity contribution >= 4 is 11.9 Å². The van der Waals surface area contributed by atoms with E-state index in [9.17, 15) is 66.7 Å². The lowest BCUT2D eigenvalue weighted by molar-refractivity contribution is -0.440. The molecule has 0 amide bonds. The molecule has 0 aliphatic heterocycles. The molecule has 0 aliphatic rings. The van der Waals surface area contributed by atoms with Gasteiger partial charge in [0.25, 0.3) is 0 Å². The first-order valence-corrected chi connectivity index (χ1v) is 7.96. The normalized spacial score (nSPS) is 15.6. The maximum atomic E-state index is 13.7. The third-order valence-electron chi connectivity index (χ3n) is 4.08. The fourth-order valence-electron chi connectivity index (χ4n) is 2.32. The third-order valence-corrected chi connectivity index (χ3v) is 4.08. The Hall–Kier alpha value is -2.23. The van der Waals surface area contributed by atoms with Crippen molar-refractivity contribution in [3.05, 3.63) is 11.1 Å². The number of aliphatic carboxylic acids is 2. The Balaban J connectivity index is 6.39. The van der Waals surface area contributed by atoms with E-state index in [0.29, 0.717) is 0 Å². The van der Waals surface area contributed by atoms with Crippen molar-refractivity contribution in [2.24, 2.45) is 5.92 Å². The quantitative estimate of drug-likeness (QED) is 0.299. The van der Waals surface area contributed by atoms with Gasteiger partial charge in [-0.05, 0) is 12.3 Å². The average molecular weight is 504 g/mol. The maximum Gasteiger partial charge on any atom is 0.460 e. The second-order valence-electron chi connectivity index (χ2n) is 6.66. The number of hydrogen-bond acceptors (Lipinski definition) is 2. The van der Waals surface area contributed by atoms with E-state index in [1.165, 1.54) is 0 Å². The van der Waals surface area contributed by atoms with E-state index >= 15 is 0 Å². The molecule has 0 fully saturated rings. The van der Waals surface area contributed by atoms with Crippen LogP contribution in [0.1, 0.15) is 26.7 Å². The second kappa shape index (κ2) is 8.61. The topological polar surface area (TPSA) is 74.6 Å². The Morgan fingerprint density at radius 3 is 1.31 bits per heavy atom. The molecule has 188 valence electrons. The van der Waals surface area contributed by atoms with Gasteiger partial charge in [0.15, 0.2) is 0 Å². The summed E-state index contributed by atoms with van der Waals surface area (Å²) in [6.07, 6.45) is -12.3. The molecule has 2 N–H and O–H groups in total. The molecular weight excluding hydrogens is 491 g/mol. The smallest absolute Gasteiger partial charge is 0.460 e. The number of halogens is 13. The van der Waals surface area contributed by atoms with Crippen LogP contribution in [0.2, 0.25) is 0 Å². The summed E-state index contributed by atoms with van der Waals surface area (Å²) in [6, 6.07) is 0. The largest absolute Gasteiger partial charge is 0.478 e. The van der Waals surface area contributed by atoms with E-state index in [1.54, 1.807) is 0 Å². The molecule has 32 heavy (non-hydrogen) atoms. The summed E-state index contributed by atoms with van der Waals surface area (Å²) in [7, 11) is 0. The van der Waals surface area contributed by atoms with Crippen LogP contribution < -0.4 is 0 Å². The van der Waals surface area contributed by atoms with Crippen molar-refractivity contribution in [2.45, 2.75) is 62.5 Å². The van der Waals surface area contributed by atoms with Crippen LogP contribution in [0, 0.1) is 5.92 Å². The molecule has 0 aromatic heterocycles. The zero-order chi connectivity index (χ0) is 26.3. The van der Waals surface area contributed by atoms with E-state index in [-0.39, 0.29) is 0 Å². The molecule has 0 bridgehead atoms. The van der Waals surface area contributed by atoms with Gasteiger partial charge in [0, 0.05) is 17.6 Å². The highest BCUT2D eigenvalue weighted by Crippen LogP contribution is 2.60. The van der Waals surface area contributed by atoms with Crippen molar-refractivity contribution in [1.29, 1.82) is 0 Å². The molecule has 0 atom stereocenters. The van der Waals surface area contributed by atoms with Crippen molar-refractivity contribution in [2.75, 3.05) is 0 Å². The Morgan fingerprint density at radius 2 is 1.03 bits per heavy atom. The Bertz CT molecular complexity index is 766. The standard InChI is InChI=1S/C15H13F13O4/c1-5(2)7(9(31)32)6(8(29)30)3-4-10(16,17)11(18,19)12(20,21)13(22,23)14(24,25)15(26,27)28/h5H,3-4H2,1-2H3,(H,29,30)(H,31,32)/b7-6+. The van der Waals surface area contributed by atoms with Crippen molar-refractivity contribution in [1.82, 2.24) is 0 Å². The Morgan fingerprint density at radius 1 is 0.656 bits per heavy atom. The van der Waals surface area contributed by atoms with Gasteiger partial charge in [-0.1, -0.05) is 13.8 Å². The minimum Gasteiger partial charge on any atom is -0.478 e. The summed E-state index contributed by atoms with van der Waals surface area (Å²) in [4.78, 5) is 22.1. The van der Waals surface area contributed by atoms with Crippen molar-refractivity contribution < 1.29 is 76.9 Å². The highest BCUT2D eigenvalue weighted by Gasteiger charge is 2.90. The lowest BCUT2D eigenvalue weighted by Gasteiger charge is -2.39. The number of rotatable bonds is 10.